The van der Waals surface area contributed by atoms with Gasteiger partial charge in [0.2, 0.25) is 5.91 Å². The molecular weight excluding hydrogens is 422 g/mol. The number of halogens is 1. The molecule has 0 heterocycles. The second-order valence-corrected chi connectivity index (χ2v) is 9.62. The Morgan fingerprint density at radius 3 is 1.38 bits per heavy atom. The summed E-state index contributed by atoms with van der Waals surface area (Å²) in [6.07, 6.45) is 25.4. The van der Waals surface area contributed by atoms with Gasteiger partial charge in [-0.05, 0) is 25.7 Å². The van der Waals surface area contributed by atoms with E-state index in [1.807, 2.05) is 0 Å². The van der Waals surface area contributed by atoms with Gasteiger partial charge >= 0.3 is 0 Å². The maximum absolute atomic E-state index is 12.8. The van der Waals surface area contributed by atoms with E-state index in [4.69, 9.17) is 0 Å². The molecule has 0 aromatic rings. The highest BCUT2D eigenvalue weighted by atomic mass is 79.9. The van der Waals surface area contributed by atoms with E-state index < -0.39 is 0 Å². The molecule has 2 nitrogen and oxygen atoms in total. The number of rotatable bonds is 23. The average molecular weight is 475 g/mol. The SMILES string of the molecule is CCCCCCCCCN(CCCCCCCCC)C(=O)CCCCCCCBr. The smallest absolute Gasteiger partial charge is 0.222 e. The lowest BCUT2D eigenvalue weighted by molar-refractivity contribution is -0.131. The predicted molar refractivity (Wildman–Crippen MR) is 134 cm³/mol. The van der Waals surface area contributed by atoms with Gasteiger partial charge in [0.05, 0.1) is 0 Å². The van der Waals surface area contributed by atoms with Gasteiger partial charge in [0, 0.05) is 24.8 Å². The molecule has 29 heavy (non-hydrogen) atoms. The molecule has 0 unspecified atom stereocenters. The summed E-state index contributed by atoms with van der Waals surface area (Å²) in [5, 5.41) is 1.11. The monoisotopic (exact) mass is 473 g/mol. The molecule has 0 radical (unpaired) electrons. The molecule has 0 aliphatic rings. The fourth-order valence-corrected chi connectivity index (χ4v) is 4.34. The molecule has 1 amide bonds. The summed E-state index contributed by atoms with van der Waals surface area (Å²) in [6, 6.07) is 0. The second-order valence-electron chi connectivity index (χ2n) is 8.83. The number of carbonyl (C=O) groups excluding carboxylic acids is 1. The Hall–Kier alpha value is -0.0500. The van der Waals surface area contributed by atoms with E-state index in [1.54, 1.807) is 0 Å². The molecule has 0 aliphatic carbocycles. The van der Waals surface area contributed by atoms with Gasteiger partial charge in [-0.25, -0.2) is 0 Å². The standard InChI is InChI=1S/C26H52BrNO/c1-3-5-7-9-11-16-20-24-28(25-21-17-12-10-8-6-4-2)26(29)22-18-14-13-15-19-23-27/h3-25H2,1-2H3. The molecule has 0 bridgehead atoms. The Bertz CT molecular complexity index is 317. The van der Waals surface area contributed by atoms with E-state index in [-0.39, 0.29) is 0 Å². The van der Waals surface area contributed by atoms with Crippen LogP contribution in [0.4, 0.5) is 0 Å². The topological polar surface area (TPSA) is 20.3 Å². The quantitative estimate of drug-likeness (QED) is 0.107. The third-order valence-corrected chi connectivity index (χ3v) is 6.50. The maximum Gasteiger partial charge on any atom is 0.222 e. The molecular formula is C26H52BrNO. The van der Waals surface area contributed by atoms with Crippen molar-refractivity contribution in [2.24, 2.45) is 0 Å². The van der Waals surface area contributed by atoms with Crippen molar-refractivity contribution in [3.05, 3.63) is 0 Å². The Labute approximate surface area is 192 Å². The van der Waals surface area contributed by atoms with Crippen LogP contribution in [0.25, 0.3) is 0 Å². The highest BCUT2D eigenvalue weighted by molar-refractivity contribution is 9.09. The van der Waals surface area contributed by atoms with Crippen molar-refractivity contribution < 1.29 is 4.79 Å². The molecule has 0 rings (SSSR count). The fraction of sp³-hybridized carbons (Fsp3) is 0.962. The molecule has 3 heteroatoms. The van der Waals surface area contributed by atoms with E-state index in [1.165, 1.54) is 116 Å². The van der Waals surface area contributed by atoms with Crippen LogP contribution in [0.15, 0.2) is 0 Å². The number of hydrogen-bond acceptors (Lipinski definition) is 1. The summed E-state index contributed by atoms with van der Waals surface area (Å²) in [7, 11) is 0. The van der Waals surface area contributed by atoms with Gasteiger partial charge in [0.15, 0.2) is 0 Å². The van der Waals surface area contributed by atoms with Crippen LogP contribution >= 0.6 is 15.9 Å². The van der Waals surface area contributed by atoms with E-state index in [0.717, 1.165) is 31.3 Å². The summed E-state index contributed by atoms with van der Waals surface area (Å²) in [6.45, 7) is 6.53. The molecule has 0 aliphatic heterocycles. The summed E-state index contributed by atoms with van der Waals surface area (Å²) in [5.41, 5.74) is 0. The van der Waals surface area contributed by atoms with Crippen LogP contribution in [0.1, 0.15) is 142 Å². The minimum atomic E-state index is 0.419. The van der Waals surface area contributed by atoms with Crippen LogP contribution in [0.2, 0.25) is 0 Å². The average Bonchev–Trinajstić information content (AvgIpc) is 2.73. The first-order chi connectivity index (χ1) is 14.3. The lowest BCUT2D eigenvalue weighted by Gasteiger charge is -2.23. The number of amides is 1. The van der Waals surface area contributed by atoms with Crippen LogP contribution in [0.3, 0.4) is 0 Å². The molecule has 0 saturated heterocycles. The van der Waals surface area contributed by atoms with Gasteiger partial charge in [-0.15, -0.1) is 0 Å². The lowest BCUT2D eigenvalue weighted by Crippen LogP contribution is -2.32. The zero-order valence-corrected chi connectivity index (χ0v) is 21.6. The number of unbranched alkanes of at least 4 members (excludes halogenated alkanes) is 16. The summed E-state index contributed by atoms with van der Waals surface area (Å²) in [4.78, 5) is 15.0. The first-order valence-corrected chi connectivity index (χ1v) is 14.2. The van der Waals surface area contributed by atoms with E-state index in [0.29, 0.717) is 5.91 Å². The van der Waals surface area contributed by atoms with E-state index in [9.17, 15) is 4.79 Å². The van der Waals surface area contributed by atoms with Gasteiger partial charge in [-0.1, -0.05) is 126 Å². The highest BCUT2D eigenvalue weighted by Gasteiger charge is 2.12. The third kappa shape index (κ3) is 21.0. The molecule has 0 N–H and O–H groups in total. The summed E-state index contributed by atoms with van der Waals surface area (Å²) in [5.74, 6) is 0.419. The van der Waals surface area contributed by atoms with Gasteiger partial charge in [-0.2, -0.15) is 0 Å². The fourth-order valence-electron chi connectivity index (χ4n) is 3.94. The number of alkyl halides is 1. The van der Waals surface area contributed by atoms with Crippen molar-refractivity contribution in [3.8, 4) is 0 Å². The van der Waals surface area contributed by atoms with Crippen LogP contribution in [0, 0.1) is 0 Å². The van der Waals surface area contributed by atoms with Crippen molar-refractivity contribution in [2.75, 3.05) is 18.4 Å². The maximum atomic E-state index is 12.8. The van der Waals surface area contributed by atoms with Gasteiger partial charge < -0.3 is 4.90 Å². The number of hydrogen-bond donors (Lipinski definition) is 0. The van der Waals surface area contributed by atoms with Crippen LogP contribution in [-0.4, -0.2) is 29.2 Å². The molecule has 174 valence electrons. The van der Waals surface area contributed by atoms with Crippen molar-refractivity contribution in [2.45, 2.75) is 142 Å². The molecule has 0 saturated carbocycles. The van der Waals surface area contributed by atoms with Crippen LogP contribution in [0.5, 0.6) is 0 Å². The Morgan fingerprint density at radius 2 is 0.931 bits per heavy atom. The first kappa shape index (κ1) is 28.9. The summed E-state index contributed by atoms with van der Waals surface area (Å²) >= 11 is 3.49. The number of carbonyl (C=O) groups is 1. The normalized spacial score (nSPS) is 11.1. The number of nitrogens with zero attached hydrogens (tertiary/aromatic N) is 1. The third-order valence-electron chi connectivity index (χ3n) is 5.94. The van der Waals surface area contributed by atoms with Gasteiger partial charge in [0.25, 0.3) is 0 Å². The predicted octanol–water partition coefficient (Wildman–Crippen LogP) is 9.05. The molecule has 0 spiro atoms. The Morgan fingerprint density at radius 1 is 0.552 bits per heavy atom. The van der Waals surface area contributed by atoms with Gasteiger partial charge in [-0.3, -0.25) is 4.79 Å². The molecule has 0 fully saturated rings. The van der Waals surface area contributed by atoms with E-state index in [2.05, 4.69) is 34.7 Å². The van der Waals surface area contributed by atoms with Crippen molar-refractivity contribution in [1.82, 2.24) is 4.90 Å². The Balaban J connectivity index is 4.03. The van der Waals surface area contributed by atoms with Crippen LogP contribution < -0.4 is 0 Å². The largest absolute Gasteiger partial charge is 0.343 e. The van der Waals surface area contributed by atoms with E-state index >= 15 is 0 Å². The van der Waals surface area contributed by atoms with Crippen molar-refractivity contribution >= 4 is 21.8 Å². The van der Waals surface area contributed by atoms with Gasteiger partial charge in [0.1, 0.15) is 0 Å². The second kappa shape index (κ2) is 24.2. The zero-order chi connectivity index (χ0) is 21.4. The zero-order valence-electron chi connectivity index (χ0n) is 20.0. The lowest BCUT2D eigenvalue weighted by atomic mass is 10.1. The molecule has 0 aromatic heterocycles. The van der Waals surface area contributed by atoms with Crippen molar-refractivity contribution in [3.63, 3.8) is 0 Å². The first-order valence-electron chi connectivity index (χ1n) is 13.1. The molecule has 0 atom stereocenters. The minimum absolute atomic E-state index is 0.419. The summed E-state index contributed by atoms with van der Waals surface area (Å²) < 4.78 is 0. The highest BCUT2D eigenvalue weighted by Crippen LogP contribution is 2.13. The molecule has 0 aromatic carbocycles. The van der Waals surface area contributed by atoms with Crippen molar-refractivity contribution in [1.29, 1.82) is 0 Å². The Kier molecular flexibility index (Phi) is 24.2. The minimum Gasteiger partial charge on any atom is -0.343 e. The van der Waals surface area contributed by atoms with Crippen LogP contribution in [-0.2, 0) is 4.79 Å².